The summed E-state index contributed by atoms with van der Waals surface area (Å²) in [7, 11) is 0. The molecule has 0 heterocycles. The molecule has 114 valence electrons. The minimum Gasteiger partial charge on any atom is -0.320 e. The molecule has 0 bridgehead atoms. The van der Waals surface area contributed by atoms with E-state index in [1.165, 1.54) is 6.07 Å². The lowest BCUT2D eigenvalue weighted by Gasteiger charge is -2.13. The molecule has 2 aromatic carbocycles. The monoisotopic (exact) mass is 298 g/mol. The van der Waals surface area contributed by atoms with E-state index in [0.29, 0.717) is 0 Å². The third-order valence-corrected chi connectivity index (χ3v) is 3.76. The number of hydrogen-bond donors (Lipinski definition) is 1. The summed E-state index contributed by atoms with van der Waals surface area (Å²) in [6.07, 6.45) is 0. The third kappa shape index (κ3) is 3.31. The van der Waals surface area contributed by atoms with E-state index in [1.54, 1.807) is 19.9 Å². The van der Waals surface area contributed by atoms with Gasteiger partial charge in [0.05, 0.1) is 10.8 Å². The Morgan fingerprint density at radius 3 is 2.32 bits per heavy atom. The van der Waals surface area contributed by atoms with Crippen molar-refractivity contribution in [1.82, 2.24) is 0 Å². The molecule has 0 fully saturated rings. The van der Waals surface area contributed by atoms with Crippen molar-refractivity contribution in [3.63, 3.8) is 0 Å². The van der Waals surface area contributed by atoms with Crippen molar-refractivity contribution in [1.29, 1.82) is 0 Å². The van der Waals surface area contributed by atoms with Gasteiger partial charge in [0.2, 0.25) is 5.91 Å². The molecule has 2 aromatic rings. The number of aryl methyl sites for hydroxylation is 2. The molecule has 0 saturated carbocycles. The molecule has 0 spiro atoms. The number of anilines is 1. The van der Waals surface area contributed by atoms with Gasteiger partial charge in [-0.15, -0.1) is 0 Å². The second-order valence-electron chi connectivity index (χ2n) is 5.33. The van der Waals surface area contributed by atoms with Crippen molar-refractivity contribution in [3.05, 3.63) is 69.3 Å². The molecule has 1 N–H and O–H groups in total. The molecule has 1 atom stereocenters. The lowest BCUT2D eigenvalue weighted by Crippen LogP contribution is -2.19. The van der Waals surface area contributed by atoms with E-state index in [-0.39, 0.29) is 23.2 Å². The molecule has 1 unspecified atom stereocenters. The molecule has 0 aliphatic heterocycles. The largest absolute Gasteiger partial charge is 0.320 e. The van der Waals surface area contributed by atoms with Crippen molar-refractivity contribution < 1.29 is 9.72 Å². The Hall–Kier alpha value is -2.69. The van der Waals surface area contributed by atoms with Crippen LogP contribution in [0.3, 0.4) is 0 Å². The second-order valence-corrected chi connectivity index (χ2v) is 5.33. The molecule has 0 aliphatic rings. The average molecular weight is 298 g/mol. The van der Waals surface area contributed by atoms with E-state index in [1.807, 2.05) is 37.3 Å². The zero-order valence-electron chi connectivity index (χ0n) is 12.8. The van der Waals surface area contributed by atoms with Crippen LogP contribution in [0.5, 0.6) is 0 Å². The van der Waals surface area contributed by atoms with Gasteiger partial charge < -0.3 is 5.32 Å². The molecule has 0 aliphatic carbocycles. The first-order valence-corrected chi connectivity index (χ1v) is 7.01. The van der Waals surface area contributed by atoms with Crippen LogP contribution >= 0.6 is 0 Å². The molecular formula is C17H18N2O3. The van der Waals surface area contributed by atoms with Gasteiger partial charge in [-0.05, 0) is 43.5 Å². The Bertz CT molecular complexity index is 711. The lowest BCUT2D eigenvalue weighted by molar-refractivity contribution is -0.384. The number of nitrogens with one attached hydrogen (secondary N) is 1. The van der Waals surface area contributed by atoms with Crippen LogP contribution in [0, 0.1) is 24.0 Å². The van der Waals surface area contributed by atoms with Crippen LogP contribution in [0.4, 0.5) is 11.4 Å². The van der Waals surface area contributed by atoms with Gasteiger partial charge in [0.1, 0.15) is 5.69 Å². The number of rotatable bonds is 4. The Morgan fingerprint density at radius 2 is 1.73 bits per heavy atom. The number of nitro groups is 1. The Labute approximate surface area is 129 Å². The van der Waals surface area contributed by atoms with E-state index < -0.39 is 4.92 Å². The molecule has 0 saturated heterocycles. The summed E-state index contributed by atoms with van der Waals surface area (Å²) in [5.74, 6) is -0.653. The van der Waals surface area contributed by atoms with Crippen LogP contribution in [-0.4, -0.2) is 10.8 Å². The summed E-state index contributed by atoms with van der Waals surface area (Å²) < 4.78 is 0. The van der Waals surface area contributed by atoms with Gasteiger partial charge in [-0.2, -0.15) is 0 Å². The Balaban J connectivity index is 2.28. The van der Waals surface area contributed by atoms with Crippen LogP contribution in [0.25, 0.3) is 0 Å². The molecule has 1 amide bonds. The second kappa shape index (κ2) is 6.39. The number of nitrogens with zero attached hydrogens (tertiary/aromatic N) is 1. The van der Waals surface area contributed by atoms with Crippen LogP contribution in [0.2, 0.25) is 0 Å². The zero-order chi connectivity index (χ0) is 16.3. The maximum absolute atomic E-state index is 12.4. The highest BCUT2D eigenvalue weighted by atomic mass is 16.6. The average Bonchev–Trinajstić information content (AvgIpc) is 2.50. The van der Waals surface area contributed by atoms with Crippen molar-refractivity contribution in [3.8, 4) is 0 Å². The smallest absolute Gasteiger partial charge is 0.293 e. The fraction of sp³-hybridized carbons (Fsp3) is 0.235. The maximum Gasteiger partial charge on any atom is 0.293 e. The first-order valence-electron chi connectivity index (χ1n) is 7.01. The van der Waals surface area contributed by atoms with Crippen LogP contribution < -0.4 is 5.32 Å². The fourth-order valence-corrected chi connectivity index (χ4v) is 2.19. The fourth-order valence-electron chi connectivity index (χ4n) is 2.19. The van der Waals surface area contributed by atoms with Gasteiger partial charge in [-0.1, -0.05) is 30.3 Å². The van der Waals surface area contributed by atoms with Crippen molar-refractivity contribution in [2.75, 3.05) is 5.32 Å². The van der Waals surface area contributed by atoms with E-state index in [2.05, 4.69) is 5.32 Å². The molecule has 22 heavy (non-hydrogen) atoms. The summed E-state index contributed by atoms with van der Waals surface area (Å²) in [5, 5.41) is 13.8. The minimum absolute atomic E-state index is 0.0864. The SMILES string of the molecule is Cc1cc(NC(=O)C(C)c2ccccc2)c([N+](=O)[O-])cc1C. The zero-order valence-corrected chi connectivity index (χ0v) is 12.8. The topological polar surface area (TPSA) is 72.2 Å². The molecule has 0 radical (unpaired) electrons. The summed E-state index contributed by atoms with van der Waals surface area (Å²) in [6.45, 7) is 5.44. The number of carbonyl (C=O) groups is 1. The highest BCUT2D eigenvalue weighted by molar-refractivity contribution is 5.97. The van der Waals surface area contributed by atoms with Gasteiger partial charge in [0, 0.05) is 6.07 Å². The van der Waals surface area contributed by atoms with Gasteiger partial charge in [0.15, 0.2) is 0 Å². The highest BCUT2D eigenvalue weighted by Crippen LogP contribution is 2.29. The molecule has 5 heteroatoms. The van der Waals surface area contributed by atoms with Crippen molar-refractivity contribution >= 4 is 17.3 Å². The van der Waals surface area contributed by atoms with Gasteiger partial charge in [-0.3, -0.25) is 14.9 Å². The normalized spacial score (nSPS) is 11.8. The number of amides is 1. The summed E-state index contributed by atoms with van der Waals surface area (Å²) in [5.41, 5.74) is 2.73. The number of nitro benzene ring substituents is 1. The van der Waals surface area contributed by atoms with Crippen molar-refractivity contribution in [2.24, 2.45) is 0 Å². The van der Waals surface area contributed by atoms with Crippen LogP contribution in [0.15, 0.2) is 42.5 Å². The summed E-state index contributed by atoms with van der Waals surface area (Å²) in [6, 6.07) is 12.4. The molecule has 0 aromatic heterocycles. The molecule has 5 nitrogen and oxygen atoms in total. The van der Waals surface area contributed by atoms with Gasteiger partial charge in [0.25, 0.3) is 5.69 Å². The maximum atomic E-state index is 12.4. The number of benzene rings is 2. The minimum atomic E-state index is -0.477. The Morgan fingerprint density at radius 1 is 1.14 bits per heavy atom. The Kier molecular flexibility index (Phi) is 4.56. The van der Waals surface area contributed by atoms with E-state index in [9.17, 15) is 14.9 Å². The predicted octanol–water partition coefficient (Wildman–Crippen LogP) is 3.95. The van der Waals surface area contributed by atoms with E-state index in [4.69, 9.17) is 0 Å². The van der Waals surface area contributed by atoms with E-state index in [0.717, 1.165) is 16.7 Å². The van der Waals surface area contributed by atoms with Crippen molar-refractivity contribution in [2.45, 2.75) is 26.7 Å². The van der Waals surface area contributed by atoms with Crippen LogP contribution in [0.1, 0.15) is 29.5 Å². The van der Waals surface area contributed by atoms with Gasteiger partial charge >= 0.3 is 0 Å². The third-order valence-electron chi connectivity index (χ3n) is 3.76. The molecular weight excluding hydrogens is 280 g/mol. The number of carbonyl (C=O) groups excluding carboxylic acids is 1. The lowest BCUT2D eigenvalue weighted by atomic mass is 10.00. The highest BCUT2D eigenvalue weighted by Gasteiger charge is 2.21. The van der Waals surface area contributed by atoms with Crippen LogP contribution in [-0.2, 0) is 4.79 Å². The van der Waals surface area contributed by atoms with Gasteiger partial charge in [-0.25, -0.2) is 0 Å². The quantitative estimate of drug-likeness (QED) is 0.686. The first kappa shape index (κ1) is 15.7. The number of hydrogen-bond acceptors (Lipinski definition) is 3. The summed E-state index contributed by atoms with van der Waals surface area (Å²) >= 11 is 0. The standard InChI is InChI=1S/C17H18N2O3/c1-11-9-15(16(19(21)22)10-12(11)2)18-17(20)13(3)14-7-5-4-6-8-14/h4-10,13H,1-3H3,(H,18,20). The summed E-state index contributed by atoms with van der Waals surface area (Å²) in [4.78, 5) is 23.0. The predicted molar refractivity (Wildman–Crippen MR) is 86.1 cm³/mol. The van der Waals surface area contributed by atoms with E-state index >= 15 is 0 Å². The first-order chi connectivity index (χ1) is 10.4. The molecule has 2 rings (SSSR count).